The van der Waals surface area contributed by atoms with Crippen molar-refractivity contribution in [2.45, 2.75) is 19.9 Å². The van der Waals surface area contributed by atoms with Gasteiger partial charge in [-0.15, -0.1) is 0 Å². The molecule has 2 N–H and O–H groups in total. The second-order valence-electron chi connectivity index (χ2n) is 3.41. The fraction of sp³-hybridized carbons (Fsp3) is 0.600. The van der Waals surface area contributed by atoms with Crippen molar-refractivity contribution in [2.75, 3.05) is 25.0 Å². The largest absolute Gasteiger partial charge is 0.355 e. The summed E-state index contributed by atoms with van der Waals surface area (Å²) in [5, 5.41) is 0. The molecule has 0 unspecified atom stereocenters. The molecule has 0 fully saturated rings. The average molecular weight is 210 g/mol. The first-order valence-electron chi connectivity index (χ1n) is 5.17. The number of nitrogens with two attached hydrogens (primary N) is 1. The lowest BCUT2D eigenvalue weighted by Crippen LogP contribution is -2.31. The van der Waals surface area contributed by atoms with Crippen molar-refractivity contribution < 1.29 is 0 Å². The lowest BCUT2D eigenvalue weighted by Gasteiger charge is -2.17. The molecule has 5 nitrogen and oxygen atoms in total. The van der Waals surface area contributed by atoms with Crippen LogP contribution in [0.4, 0.5) is 5.82 Å². The number of rotatable bonds is 5. The summed E-state index contributed by atoms with van der Waals surface area (Å²) < 4.78 is 1.64. The molecule has 0 aliphatic carbocycles. The highest BCUT2D eigenvalue weighted by molar-refractivity contribution is 5.33. The van der Waals surface area contributed by atoms with E-state index in [-0.39, 0.29) is 5.56 Å². The third kappa shape index (κ3) is 2.79. The second-order valence-corrected chi connectivity index (χ2v) is 3.41. The van der Waals surface area contributed by atoms with Gasteiger partial charge in [-0.05, 0) is 19.9 Å². The van der Waals surface area contributed by atoms with Crippen molar-refractivity contribution >= 4 is 5.82 Å². The summed E-state index contributed by atoms with van der Waals surface area (Å²) in [6.07, 6.45) is 4.21. The first kappa shape index (κ1) is 11.7. The summed E-state index contributed by atoms with van der Waals surface area (Å²) in [7, 11) is 1.86. The van der Waals surface area contributed by atoms with Crippen molar-refractivity contribution in [1.82, 2.24) is 9.55 Å². The average Bonchev–Trinajstić information content (AvgIpc) is 2.26. The molecule has 1 aromatic rings. The maximum Gasteiger partial charge on any atom is 0.293 e. The molecule has 0 atom stereocenters. The van der Waals surface area contributed by atoms with Crippen LogP contribution in [0, 0.1) is 0 Å². The maximum atomic E-state index is 11.8. The Morgan fingerprint density at radius 3 is 2.93 bits per heavy atom. The first-order valence-corrected chi connectivity index (χ1v) is 5.17. The quantitative estimate of drug-likeness (QED) is 0.745. The van der Waals surface area contributed by atoms with Crippen LogP contribution in [0.2, 0.25) is 0 Å². The van der Waals surface area contributed by atoms with E-state index in [1.807, 2.05) is 18.9 Å². The van der Waals surface area contributed by atoms with Crippen LogP contribution in [0.3, 0.4) is 0 Å². The predicted octanol–water partition coefficient (Wildman–Crippen LogP) is 0.0482. The van der Waals surface area contributed by atoms with Gasteiger partial charge in [-0.3, -0.25) is 4.79 Å². The highest BCUT2D eigenvalue weighted by atomic mass is 16.1. The summed E-state index contributed by atoms with van der Waals surface area (Å²) in [6, 6.07) is 0. The first-order chi connectivity index (χ1) is 7.20. The van der Waals surface area contributed by atoms with E-state index in [1.54, 1.807) is 17.0 Å². The molecular formula is C10H18N4O. The van der Waals surface area contributed by atoms with Gasteiger partial charge in [0.05, 0.1) is 0 Å². The molecule has 15 heavy (non-hydrogen) atoms. The van der Waals surface area contributed by atoms with E-state index < -0.39 is 0 Å². The van der Waals surface area contributed by atoms with E-state index in [0.717, 1.165) is 13.0 Å². The van der Waals surface area contributed by atoms with Crippen molar-refractivity contribution in [2.24, 2.45) is 5.73 Å². The molecule has 0 saturated carbocycles. The van der Waals surface area contributed by atoms with Crippen LogP contribution in [0.25, 0.3) is 0 Å². The fourth-order valence-electron chi connectivity index (χ4n) is 1.38. The standard InChI is InChI=1S/C10H18N4O/c1-3-14-8-6-12-9(10(14)15)13(2)7-4-5-11/h6,8H,3-5,7,11H2,1-2H3. The molecule has 0 spiro atoms. The number of hydrogen-bond acceptors (Lipinski definition) is 4. The molecule has 0 aliphatic rings. The predicted molar refractivity (Wildman–Crippen MR) is 61.1 cm³/mol. The lowest BCUT2D eigenvalue weighted by molar-refractivity contribution is 0.702. The van der Waals surface area contributed by atoms with Crippen molar-refractivity contribution in [3.8, 4) is 0 Å². The second kappa shape index (κ2) is 5.50. The van der Waals surface area contributed by atoms with Gasteiger partial charge in [0.25, 0.3) is 5.56 Å². The van der Waals surface area contributed by atoms with Gasteiger partial charge in [0.15, 0.2) is 5.82 Å². The number of hydrogen-bond donors (Lipinski definition) is 1. The van der Waals surface area contributed by atoms with Gasteiger partial charge in [0.1, 0.15) is 0 Å². The van der Waals surface area contributed by atoms with Gasteiger partial charge in [-0.25, -0.2) is 4.98 Å². The van der Waals surface area contributed by atoms with Crippen molar-refractivity contribution in [1.29, 1.82) is 0 Å². The van der Waals surface area contributed by atoms with Crippen LogP contribution >= 0.6 is 0 Å². The van der Waals surface area contributed by atoms with Crippen molar-refractivity contribution in [3.63, 3.8) is 0 Å². The fourth-order valence-corrected chi connectivity index (χ4v) is 1.38. The zero-order valence-corrected chi connectivity index (χ0v) is 9.31. The van der Waals surface area contributed by atoms with E-state index in [4.69, 9.17) is 5.73 Å². The zero-order chi connectivity index (χ0) is 11.3. The molecule has 84 valence electrons. The van der Waals surface area contributed by atoms with E-state index in [9.17, 15) is 4.79 Å². The Bertz CT molecular complexity index is 361. The molecule has 5 heteroatoms. The molecule has 0 aliphatic heterocycles. The van der Waals surface area contributed by atoms with Gasteiger partial charge in [0, 0.05) is 32.5 Å². The van der Waals surface area contributed by atoms with Gasteiger partial charge < -0.3 is 15.2 Å². The minimum absolute atomic E-state index is 0.0421. The molecule has 1 aromatic heterocycles. The molecule has 0 radical (unpaired) electrons. The Hall–Kier alpha value is -1.36. The van der Waals surface area contributed by atoms with Gasteiger partial charge in [0.2, 0.25) is 0 Å². The SMILES string of the molecule is CCn1ccnc(N(C)CCCN)c1=O. The molecule has 1 rings (SSSR count). The highest BCUT2D eigenvalue weighted by Gasteiger charge is 2.08. The van der Waals surface area contributed by atoms with E-state index >= 15 is 0 Å². The van der Waals surface area contributed by atoms with Crippen molar-refractivity contribution in [3.05, 3.63) is 22.7 Å². The van der Waals surface area contributed by atoms with Crippen LogP contribution in [0.5, 0.6) is 0 Å². The monoisotopic (exact) mass is 210 g/mol. The molecule has 0 aromatic carbocycles. The number of aromatic nitrogens is 2. The lowest BCUT2D eigenvalue weighted by atomic mass is 10.4. The number of anilines is 1. The Morgan fingerprint density at radius 2 is 2.33 bits per heavy atom. The molecular weight excluding hydrogens is 192 g/mol. The maximum absolute atomic E-state index is 11.8. The summed E-state index contributed by atoms with van der Waals surface area (Å²) >= 11 is 0. The summed E-state index contributed by atoms with van der Waals surface area (Å²) in [5.41, 5.74) is 5.38. The molecule has 0 saturated heterocycles. The Labute approximate surface area is 89.5 Å². The summed E-state index contributed by atoms with van der Waals surface area (Å²) in [6.45, 7) is 3.98. The van der Waals surface area contributed by atoms with E-state index in [1.165, 1.54) is 0 Å². The number of aryl methyl sites for hydroxylation is 1. The van der Waals surface area contributed by atoms with Gasteiger partial charge in [-0.1, -0.05) is 0 Å². The summed E-state index contributed by atoms with van der Waals surface area (Å²) in [4.78, 5) is 17.8. The minimum Gasteiger partial charge on any atom is -0.355 e. The van der Waals surface area contributed by atoms with Crippen LogP contribution < -0.4 is 16.2 Å². The molecule has 1 heterocycles. The van der Waals surface area contributed by atoms with E-state index in [0.29, 0.717) is 18.9 Å². The molecule has 0 amide bonds. The normalized spacial score (nSPS) is 10.3. The minimum atomic E-state index is -0.0421. The van der Waals surface area contributed by atoms with Crippen LogP contribution in [0.1, 0.15) is 13.3 Å². The smallest absolute Gasteiger partial charge is 0.293 e. The zero-order valence-electron chi connectivity index (χ0n) is 9.31. The molecule has 0 bridgehead atoms. The van der Waals surface area contributed by atoms with Gasteiger partial charge >= 0.3 is 0 Å². The summed E-state index contributed by atoms with van der Waals surface area (Å²) in [5.74, 6) is 0.493. The Balaban J connectivity index is 2.89. The third-order valence-electron chi connectivity index (χ3n) is 2.30. The van der Waals surface area contributed by atoms with Gasteiger partial charge in [-0.2, -0.15) is 0 Å². The van der Waals surface area contributed by atoms with Crippen LogP contribution in [0.15, 0.2) is 17.2 Å². The van der Waals surface area contributed by atoms with Crippen LogP contribution in [-0.2, 0) is 6.54 Å². The third-order valence-corrected chi connectivity index (χ3v) is 2.30. The highest BCUT2D eigenvalue weighted by Crippen LogP contribution is 2.00. The number of nitrogens with zero attached hydrogens (tertiary/aromatic N) is 3. The van der Waals surface area contributed by atoms with E-state index in [2.05, 4.69) is 4.98 Å². The topological polar surface area (TPSA) is 64.2 Å². The Morgan fingerprint density at radius 1 is 1.60 bits per heavy atom. The Kier molecular flexibility index (Phi) is 4.30. The van der Waals surface area contributed by atoms with Crippen LogP contribution in [-0.4, -0.2) is 29.7 Å².